The van der Waals surface area contributed by atoms with E-state index in [9.17, 15) is 4.79 Å². The molecule has 6 nitrogen and oxygen atoms in total. The molecular formula is C13H16ClN5O. The topological polar surface area (TPSA) is 71.8 Å². The van der Waals surface area contributed by atoms with Gasteiger partial charge in [-0.2, -0.15) is 5.10 Å². The van der Waals surface area contributed by atoms with Crippen molar-refractivity contribution in [2.75, 3.05) is 18.9 Å². The molecule has 0 bridgehead atoms. The molecule has 0 atom stereocenters. The molecule has 20 heavy (non-hydrogen) atoms. The Morgan fingerprint density at radius 3 is 3.00 bits per heavy atom. The van der Waals surface area contributed by atoms with E-state index in [1.807, 2.05) is 16.9 Å². The molecule has 2 aromatic rings. The SMILES string of the molecule is CNc1ncc(C(=O)NCCCn2cccn2)cc1Cl. The average Bonchev–Trinajstić information content (AvgIpc) is 2.96. The highest BCUT2D eigenvalue weighted by Gasteiger charge is 2.08. The zero-order valence-electron chi connectivity index (χ0n) is 11.1. The van der Waals surface area contributed by atoms with E-state index in [1.165, 1.54) is 6.20 Å². The Morgan fingerprint density at radius 2 is 2.35 bits per heavy atom. The maximum atomic E-state index is 11.9. The molecule has 7 heteroatoms. The number of aryl methyl sites for hydroxylation is 1. The molecule has 0 saturated carbocycles. The highest BCUT2D eigenvalue weighted by molar-refractivity contribution is 6.33. The van der Waals surface area contributed by atoms with Crippen molar-refractivity contribution in [2.45, 2.75) is 13.0 Å². The summed E-state index contributed by atoms with van der Waals surface area (Å²) >= 11 is 5.99. The number of amides is 1. The van der Waals surface area contributed by atoms with Gasteiger partial charge in [0.2, 0.25) is 0 Å². The minimum atomic E-state index is -0.178. The minimum Gasteiger partial charge on any atom is -0.372 e. The third-order valence-electron chi connectivity index (χ3n) is 2.75. The Bertz CT molecular complexity index is 570. The van der Waals surface area contributed by atoms with Crippen LogP contribution in [0, 0.1) is 0 Å². The van der Waals surface area contributed by atoms with Crippen LogP contribution in [0.15, 0.2) is 30.7 Å². The van der Waals surface area contributed by atoms with Gasteiger partial charge in [-0.25, -0.2) is 4.98 Å². The summed E-state index contributed by atoms with van der Waals surface area (Å²) in [6.07, 6.45) is 5.93. The lowest BCUT2D eigenvalue weighted by molar-refractivity contribution is 0.0952. The molecule has 106 valence electrons. The van der Waals surface area contributed by atoms with Crippen molar-refractivity contribution in [1.29, 1.82) is 0 Å². The van der Waals surface area contributed by atoms with Gasteiger partial charge < -0.3 is 10.6 Å². The van der Waals surface area contributed by atoms with Gasteiger partial charge >= 0.3 is 0 Å². The fraction of sp³-hybridized carbons (Fsp3) is 0.308. The molecule has 2 aromatic heterocycles. The molecular weight excluding hydrogens is 278 g/mol. The molecule has 0 spiro atoms. The summed E-state index contributed by atoms with van der Waals surface area (Å²) in [5.74, 6) is 0.379. The number of nitrogens with one attached hydrogen (secondary N) is 2. The highest BCUT2D eigenvalue weighted by Crippen LogP contribution is 2.19. The summed E-state index contributed by atoms with van der Waals surface area (Å²) in [7, 11) is 1.73. The van der Waals surface area contributed by atoms with E-state index in [0.717, 1.165) is 13.0 Å². The summed E-state index contributed by atoms with van der Waals surface area (Å²) in [6, 6.07) is 3.47. The molecule has 2 rings (SSSR count). The predicted molar refractivity (Wildman–Crippen MR) is 78.0 cm³/mol. The van der Waals surface area contributed by atoms with Gasteiger partial charge in [-0.3, -0.25) is 9.48 Å². The molecule has 0 fully saturated rings. The van der Waals surface area contributed by atoms with Gasteiger partial charge in [0.1, 0.15) is 5.82 Å². The Labute approximate surface area is 122 Å². The van der Waals surface area contributed by atoms with Crippen molar-refractivity contribution in [3.8, 4) is 0 Å². The predicted octanol–water partition coefficient (Wildman–Crippen LogP) is 1.79. The van der Waals surface area contributed by atoms with Crippen LogP contribution in [-0.2, 0) is 6.54 Å². The zero-order chi connectivity index (χ0) is 14.4. The summed E-state index contributed by atoms with van der Waals surface area (Å²) in [6.45, 7) is 1.34. The maximum absolute atomic E-state index is 11.9. The summed E-state index contributed by atoms with van der Waals surface area (Å²) in [5, 5.41) is 10.2. The van der Waals surface area contributed by atoms with Crippen molar-refractivity contribution < 1.29 is 4.79 Å². The lowest BCUT2D eigenvalue weighted by Crippen LogP contribution is -2.25. The van der Waals surface area contributed by atoms with E-state index in [2.05, 4.69) is 20.7 Å². The quantitative estimate of drug-likeness (QED) is 0.797. The van der Waals surface area contributed by atoms with E-state index in [4.69, 9.17) is 11.6 Å². The molecule has 0 aromatic carbocycles. The number of carbonyl (C=O) groups excluding carboxylic acids is 1. The Balaban J connectivity index is 1.81. The van der Waals surface area contributed by atoms with Gasteiger partial charge in [-0.15, -0.1) is 0 Å². The van der Waals surface area contributed by atoms with E-state index in [0.29, 0.717) is 22.9 Å². The van der Waals surface area contributed by atoms with Crippen molar-refractivity contribution in [3.05, 3.63) is 41.3 Å². The first-order valence-electron chi connectivity index (χ1n) is 6.29. The van der Waals surface area contributed by atoms with Gasteiger partial charge in [-0.1, -0.05) is 11.6 Å². The standard InChI is InChI=1S/C13H16ClN5O/c1-15-12-11(14)8-10(9-17-12)13(20)16-4-2-6-19-7-3-5-18-19/h3,5,7-9H,2,4,6H2,1H3,(H,15,17)(H,16,20). The third-order valence-corrected chi connectivity index (χ3v) is 3.04. The number of hydrogen-bond acceptors (Lipinski definition) is 4. The normalized spacial score (nSPS) is 10.3. The largest absolute Gasteiger partial charge is 0.372 e. The molecule has 0 aliphatic rings. The van der Waals surface area contributed by atoms with Gasteiger partial charge in [0.05, 0.1) is 10.6 Å². The lowest BCUT2D eigenvalue weighted by Gasteiger charge is -2.07. The number of carbonyl (C=O) groups is 1. The van der Waals surface area contributed by atoms with Crippen LogP contribution in [0.4, 0.5) is 5.82 Å². The van der Waals surface area contributed by atoms with E-state index < -0.39 is 0 Å². The first-order valence-corrected chi connectivity index (χ1v) is 6.67. The maximum Gasteiger partial charge on any atom is 0.252 e. The first-order chi connectivity index (χ1) is 9.70. The molecule has 2 N–H and O–H groups in total. The molecule has 0 unspecified atom stereocenters. The fourth-order valence-electron chi connectivity index (χ4n) is 1.72. The number of pyridine rings is 1. The number of aromatic nitrogens is 3. The van der Waals surface area contributed by atoms with Crippen LogP contribution in [0.25, 0.3) is 0 Å². The van der Waals surface area contributed by atoms with Crippen LogP contribution in [0.2, 0.25) is 5.02 Å². The highest BCUT2D eigenvalue weighted by atomic mass is 35.5. The van der Waals surface area contributed by atoms with Crippen LogP contribution in [0.3, 0.4) is 0 Å². The number of rotatable bonds is 6. The van der Waals surface area contributed by atoms with E-state index in [-0.39, 0.29) is 5.91 Å². The van der Waals surface area contributed by atoms with E-state index in [1.54, 1.807) is 19.3 Å². The van der Waals surface area contributed by atoms with Crippen LogP contribution in [-0.4, -0.2) is 34.3 Å². The molecule has 0 aliphatic carbocycles. The third kappa shape index (κ3) is 3.71. The van der Waals surface area contributed by atoms with Crippen molar-refractivity contribution >= 4 is 23.3 Å². The van der Waals surface area contributed by atoms with Gasteiger partial charge in [0.15, 0.2) is 0 Å². The smallest absolute Gasteiger partial charge is 0.252 e. The zero-order valence-corrected chi connectivity index (χ0v) is 11.9. The summed E-state index contributed by atoms with van der Waals surface area (Å²) in [4.78, 5) is 16.0. The van der Waals surface area contributed by atoms with E-state index >= 15 is 0 Å². The monoisotopic (exact) mass is 293 g/mol. The fourth-order valence-corrected chi connectivity index (χ4v) is 1.98. The molecule has 2 heterocycles. The Morgan fingerprint density at radius 1 is 1.50 bits per heavy atom. The number of anilines is 1. The van der Waals surface area contributed by atoms with Crippen molar-refractivity contribution in [3.63, 3.8) is 0 Å². The number of hydrogen-bond donors (Lipinski definition) is 2. The lowest BCUT2D eigenvalue weighted by atomic mass is 10.2. The first kappa shape index (κ1) is 14.3. The van der Waals surface area contributed by atoms with Crippen molar-refractivity contribution in [2.24, 2.45) is 0 Å². The summed E-state index contributed by atoms with van der Waals surface area (Å²) in [5.41, 5.74) is 0.452. The van der Waals surface area contributed by atoms with Gasteiger partial charge in [-0.05, 0) is 18.6 Å². The molecule has 1 amide bonds. The van der Waals surface area contributed by atoms with Crippen LogP contribution in [0.5, 0.6) is 0 Å². The van der Waals surface area contributed by atoms with Crippen LogP contribution in [0.1, 0.15) is 16.8 Å². The molecule has 0 saturated heterocycles. The molecule has 0 radical (unpaired) electrons. The second-order valence-corrected chi connectivity index (χ2v) is 4.59. The average molecular weight is 294 g/mol. The molecule has 0 aliphatic heterocycles. The Kier molecular flexibility index (Phi) is 4.95. The van der Waals surface area contributed by atoms with Gasteiger partial charge in [0, 0.05) is 38.7 Å². The van der Waals surface area contributed by atoms with Crippen LogP contribution >= 0.6 is 11.6 Å². The van der Waals surface area contributed by atoms with Crippen molar-refractivity contribution in [1.82, 2.24) is 20.1 Å². The minimum absolute atomic E-state index is 0.178. The van der Waals surface area contributed by atoms with Gasteiger partial charge in [0.25, 0.3) is 5.91 Å². The number of halogens is 1. The second-order valence-electron chi connectivity index (χ2n) is 4.18. The van der Waals surface area contributed by atoms with Crippen LogP contribution < -0.4 is 10.6 Å². The summed E-state index contributed by atoms with van der Waals surface area (Å²) < 4.78 is 1.83. The second kappa shape index (κ2) is 6.91. The Hall–Kier alpha value is -2.08. The number of nitrogens with zero attached hydrogens (tertiary/aromatic N) is 3.